The van der Waals surface area contributed by atoms with E-state index in [1.165, 1.54) is 7.11 Å². The Balaban J connectivity index is 4.35. The molecule has 0 saturated heterocycles. The molecule has 0 aliphatic rings. The van der Waals surface area contributed by atoms with E-state index in [2.05, 4.69) is 27.6 Å². The smallest absolute Gasteiger partial charge is 0.341 e. The number of allylic oxidation sites excluding steroid dienone is 1. The van der Waals surface area contributed by atoms with E-state index >= 15 is 0 Å². The summed E-state index contributed by atoms with van der Waals surface area (Å²) in [5.74, 6) is -0.769. The molecule has 0 spiro atoms. The number of carbonyl (C=O) groups is 2. The minimum atomic E-state index is -0.545. The summed E-state index contributed by atoms with van der Waals surface area (Å²) >= 11 is 3.04. The number of halogens is 1. The van der Waals surface area contributed by atoms with Gasteiger partial charge in [0.1, 0.15) is 0 Å². The van der Waals surface area contributed by atoms with Crippen molar-refractivity contribution >= 4 is 27.7 Å². The fraction of sp³-hybridized carbons (Fsp3) is 0.636. The van der Waals surface area contributed by atoms with E-state index < -0.39 is 5.97 Å². The SMILES string of the molecule is CCCCCC=C(C(=O)CBr)C(=O)OC. The number of Topliss-reactive ketones (excluding diaryl/α,β-unsaturated/α-hetero) is 1. The molecule has 0 radical (unpaired) electrons. The molecule has 0 aromatic rings. The summed E-state index contributed by atoms with van der Waals surface area (Å²) in [4.78, 5) is 22.6. The van der Waals surface area contributed by atoms with Gasteiger partial charge in [-0.2, -0.15) is 0 Å². The second-order valence-corrected chi connectivity index (χ2v) is 3.72. The van der Waals surface area contributed by atoms with Crippen LogP contribution in [-0.4, -0.2) is 24.2 Å². The lowest BCUT2D eigenvalue weighted by atomic mass is 10.1. The second-order valence-electron chi connectivity index (χ2n) is 3.16. The largest absolute Gasteiger partial charge is 0.465 e. The topological polar surface area (TPSA) is 43.4 Å². The van der Waals surface area contributed by atoms with Crippen LogP contribution in [0.3, 0.4) is 0 Å². The quantitative estimate of drug-likeness (QED) is 0.179. The van der Waals surface area contributed by atoms with Gasteiger partial charge in [-0.05, 0) is 12.8 Å². The van der Waals surface area contributed by atoms with Crippen molar-refractivity contribution in [2.75, 3.05) is 12.4 Å². The Hall–Kier alpha value is -0.640. The molecule has 0 unspecified atom stereocenters. The first kappa shape index (κ1) is 14.4. The summed E-state index contributed by atoms with van der Waals surface area (Å²) in [5, 5.41) is 0.154. The second kappa shape index (κ2) is 8.65. The van der Waals surface area contributed by atoms with Crippen molar-refractivity contribution in [3.63, 3.8) is 0 Å². The standard InChI is InChI=1S/C11H17BrO3/c1-3-4-5-6-7-9(10(13)8-12)11(14)15-2/h7H,3-6,8H2,1-2H3. The Labute approximate surface area is 99.0 Å². The van der Waals surface area contributed by atoms with E-state index in [1.807, 2.05) is 0 Å². The summed E-state index contributed by atoms with van der Waals surface area (Å²) in [6.07, 6.45) is 5.63. The summed E-state index contributed by atoms with van der Waals surface area (Å²) < 4.78 is 4.54. The first-order chi connectivity index (χ1) is 7.17. The molecule has 0 aliphatic heterocycles. The van der Waals surface area contributed by atoms with Crippen LogP contribution in [0.2, 0.25) is 0 Å². The number of alkyl halides is 1. The Bertz CT molecular complexity index is 228. The van der Waals surface area contributed by atoms with Crippen molar-refractivity contribution in [1.29, 1.82) is 0 Å². The zero-order valence-electron chi connectivity index (χ0n) is 9.22. The number of hydrogen-bond donors (Lipinski definition) is 0. The highest BCUT2D eigenvalue weighted by atomic mass is 79.9. The van der Waals surface area contributed by atoms with Crippen LogP contribution in [0.4, 0.5) is 0 Å². The molecule has 15 heavy (non-hydrogen) atoms. The van der Waals surface area contributed by atoms with Gasteiger partial charge in [-0.1, -0.05) is 41.8 Å². The highest BCUT2D eigenvalue weighted by Crippen LogP contribution is 2.07. The van der Waals surface area contributed by atoms with Crippen LogP contribution in [0.25, 0.3) is 0 Å². The zero-order valence-corrected chi connectivity index (χ0v) is 10.8. The molecule has 0 aromatic heterocycles. The molecular formula is C11H17BrO3. The van der Waals surface area contributed by atoms with Crippen molar-refractivity contribution in [1.82, 2.24) is 0 Å². The molecule has 0 saturated carbocycles. The molecular weight excluding hydrogens is 260 g/mol. The third-order valence-corrected chi connectivity index (χ3v) is 2.49. The average molecular weight is 277 g/mol. The minimum absolute atomic E-state index is 0.154. The number of ketones is 1. The number of methoxy groups -OCH3 is 1. The molecule has 0 rings (SSSR count). The molecule has 0 heterocycles. The number of unbranched alkanes of at least 4 members (excludes halogenated alkanes) is 3. The van der Waals surface area contributed by atoms with E-state index in [4.69, 9.17) is 0 Å². The molecule has 0 fully saturated rings. The van der Waals surface area contributed by atoms with Crippen LogP contribution in [0.15, 0.2) is 11.6 Å². The number of ether oxygens (including phenoxy) is 1. The van der Waals surface area contributed by atoms with Crippen LogP contribution >= 0.6 is 15.9 Å². The fourth-order valence-corrected chi connectivity index (χ4v) is 1.44. The number of hydrogen-bond acceptors (Lipinski definition) is 3. The maximum Gasteiger partial charge on any atom is 0.341 e. The van der Waals surface area contributed by atoms with Crippen molar-refractivity contribution < 1.29 is 14.3 Å². The van der Waals surface area contributed by atoms with E-state index in [0.717, 1.165) is 25.7 Å². The Kier molecular flexibility index (Phi) is 8.28. The lowest BCUT2D eigenvalue weighted by Crippen LogP contribution is -2.15. The zero-order chi connectivity index (χ0) is 11.7. The Morgan fingerprint density at radius 3 is 2.47 bits per heavy atom. The van der Waals surface area contributed by atoms with Crippen LogP contribution < -0.4 is 0 Å². The van der Waals surface area contributed by atoms with Gasteiger partial charge in [-0.15, -0.1) is 0 Å². The minimum Gasteiger partial charge on any atom is -0.465 e. The summed E-state index contributed by atoms with van der Waals surface area (Å²) in [7, 11) is 1.28. The summed E-state index contributed by atoms with van der Waals surface area (Å²) in [5.41, 5.74) is 0.158. The molecule has 0 aromatic carbocycles. The molecule has 0 amide bonds. The van der Waals surface area contributed by atoms with E-state index in [1.54, 1.807) is 6.08 Å². The number of carbonyl (C=O) groups excluding carboxylic acids is 2. The third kappa shape index (κ3) is 5.72. The van der Waals surface area contributed by atoms with Crippen molar-refractivity contribution in [3.05, 3.63) is 11.6 Å². The molecule has 3 nitrogen and oxygen atoms in total. The molecule has 0 N–H and O–H groups in total. The summed E-state index contributed by atoms with van der Waals surface area (Å²) in [6, 6.07) is 0. The highest BCUT2D eigenvalue weighted by molar-refractivity contribution is 9.09. The van der Waals surface area contributed by atoms with E-state index in [0.29, 0.717) is 0 Å². The van der Waals surface area contributed by atoms with Crippen LogP contribution in [-0.2, 0) is 14.3 Å². The van der Waals surface area contributed by atoms with Crippen LogP contribution in [0, 0.1) is 0 Å². The van der Waals surface area contributed by atoms with Crippen molar-refractivity contribution in [2.45, 2.75) is 32.6 Å². The van der Waals surface area contributed by atoms with Gasteiger partial charge in [0.15, 0.2) is 5.78 Å². The van der Waals surface area contributed by atoms with Crippen molar-refractivity contribution in [2.24, 2.45) is 0 Å². The monoisotopic (exact) mass is 276 g/mol. The van der Waals surface area contributed by atoms with Gasteiger partial charge in [-0.25, -0.2) is 4.79 Å². The van der Waals surface area contributed by atoms with Gasteiger partial charge >= 0.3 is 5.97 Å². The van der Waals surface area contributed by atoms with E-state index in [9.17, 15) is 9.59 Å². The molecule has 86 valence electrons. The maximum atomic E-state index is 11.4. The first-order valence-corrected chi connectivity index (χ1v) is 6.17. The fourth-order valence-electron chi connectivity index (χ4n) is 1.13. The van der Waals surface area contributed by atoms with Gasteiger partial charge in [-0.3, -0.25) is 4.79 Å². The van der Waals surface area contributed by atoms with Gasteiger partial charge in [0.2, 0.25) is 0 Å². The third-order valence-electron chi connectivity index (χ3n) is 1.98. The maximum absolute atomic E-state index is 11.4. The van der Waals surface area contributed by atoms with Crippen LogP contribution in [0.1, 0.15) is 32.6 Å². The van der Waals surface area contributed by atoms with E-state index in [-0.39, 0.29) is 16.7 Å². The normalized spacial score (nSPS) is 11.3. The Morgan fingerprint density at radius 1 is 1.33 bits per heavy atom. The highest BCUT2D eigenvalue weighted by Gasteiger charge is 2.16. The number of esters is 1. The van der Waals surface area contributed by atoms with Gasteiger partial charge in [0.25, 0.3) is 0 Å². The molecule has 0 atom stereocenters. The number of rotatable bonds is 7. The van der Waals surface area contributed by atoms with Gasteiger partial charge in [0.05, 0.1) is 18.0 Å². The van der Waals surface area contributed by atoms with Gasteiger partial charge < -0.3 is 4.74 Å². The lowest BCUT2D eigenvalue weighted by molar-refractivity contribution is -0.137. The molecule has 0 aliphatic carbocycles. The van der Waals surface area contributed by atoms with Gasteiger partial charge in [0, 0.05) is 0 Å². The van der Waals surface area contributed by atoms with Crippen molar-refractivity contribution in [3.8, 4) is 0 Å². The Morgan fingerprint density at radius 2 is 2.00 bits per heavy atom. The lowest BCUT2D eigenvalue weighted by Gasteiger charge is -2.02. The molecule has 4 heteroatoms. The first-order valence-electron chi connectivity index (χ1n) is 5.05. The van der Waals surface area contributed by atoms with Crippen LogP contribution in [0.5, 0.6) is 0 Å². The predicted molar refractivity (Wildman–Crippen MR) is 63.0 cm³/mol. The average Bonchev–Trinajstić information content (AvgIpc) is 2.27. The summed E-state index contributed by atoms with van der Waals surface area (Å²) in [6.45, 7) is 2.11. The molecule has 0 bridgehead atoms. The predicted octanol–water partition coefficient (Wildman–Crippen LogP) is 2.63.